The van der Waals surface area contributed by atoms with Crippen molar-refractivity contribution >= 4 is 6.29 Å². The Bertz CT molecular complexity index is 143. The van der Waals surface area contributed by atoms with E-state index in [9.17, 15) is 4.79 Å². The molecule has 0 aliphatic heterocycles. The van der Waals surface area contributed by atoms with Gasteiger partial charge < -0.3 is 30.3 Å². The molecule has 0 rings (SSSR count). The Balaban J connectivity index is 0. The third kappa shape index (κ3) is 4.77. The summed E-state index contributed by atoms with van der Waals surface area (Å²) < 4.78 is 0. The molecule has 0 radical (unpaired) electrons. The quantitative estimate of drug-likeness (QED) is 0.322. The molecule has 0 aromatic heterocycles. The topological polar surface area (TPSA) is 118 Å². The molecule has 0 spiro atoms. The van der Waals surface area contributed by atoms with E-state index in [1.165, 1.54) is 0 Å². The van der Waals surface area contributed by atoms with Crippen molar-refractivity contribution in [3.8, 4) is 0 Å². The molecule has 5 N–H and O–H groups in total. The Morgan fingerprint density at radius 3 is 1.85 bits per heavy atom. The zero-order valence-electron chi connectivity index (χ0n) is 6.59. The second-order valence-electron chi connectivity index (χ2n) is 2.36. The first-order chi connectivity index (χ1) is 5.54. The van der Waals surface area contributed by atoms with E-state index in [2.05, 4.69) is 0 Å². The summed E-state index contributed by atoms with van der Waals surface area (Å²) >= 11 is 0. The maximum absolute atomic E-state index is 9.90. The molecule has 13 heavy (non-hydrogen) atoms. The van der Waals surface area contributed by atoms with Crippen LogP contribution in [-0.2, 0) is 24.6 Å². The van der Waals surface area contributed by atoms with Gasteiger partial charge in [0.15, 0.2) is 6.29 Å². The predicted octanol–water partition coefficient (Wildman–Crippen LogP) is -3.38. The molecule has 0 saturated heterocycles. The second kappa shape index (κ2) is 7.50. The molecule has 0 aromatic carbocycles. The summed E-state index contributed by atoms with van der Waals surface area (Å²) in [6, 6.07) is 0. The van der Waals surface area contributed by atoms with E-state index in [-0.39, 0.29) is 26.1 Å². The number of hydrogen-bond donors (Lipinski definition) is 5. The first-order valence-electron chi connectivity index (χ1n) is 3.33. The van der Waals surface area contributed by atoms with Crippen molar-refractivity contribution in [3.63, 3.8) is 0 Å². The smallest absolute Gasteiger partial charge is 0.151 e. The molecule has 0 saturated carbocycles. The fourth-order valence-electron chi connectivity index (χ4n) is 0.618. The number of aldehydes is 1. The summed E-state index contributed by atoms with van der Waals surface area (Å²) in [4.78, 5) is 9.90. The van der Waals surface area contributed by atoms with Crippen molar-refractivity contribution in [2.75, 3.05) is 6.61 Å². The van der Waals surface area contributed by atoms with Crippen LogP contribution < -0.4 is 0 Å². The van der Waals surface area contributed by atoms with Crippen LogP contribution in [0.4, 0.5) is 0 Å². The van der Waals surface area contributed by atoms with Crippen LogP contribution in [0.25, 0.3) is 0 Å². The summed E-state index contributed by atoms with van der Waals surface area (Å²) in [6.45, 7) is -0.760. The standard InChI is InChI=1S/C6H12O6.Os/c7-1-3(9)5(11)6(12)4(10)2-8;/h1,3-6,8-12H,2H2;/t3-,4+,5+,6+;/m0./s1. The van der Waals surface area contributed by atoms with E-state index in [0.29, 0.717) is 0 Å². The van der Waals surface area contributed by atoms with Gasteiger partial charge in [0, 0.05) is 19.8 Å². The molecule has 0 unspecified atom stereocenters. The van der Waals surface area contributed by atoms with Gasteiger partial charge in [0.1, 0.15) is 24.4 Å². The Morgan fingerprint density at radius 2 is 1.54 bits per heavy atom. The average Bonchev–Trinajstić information content (AvgIpc) is 2.12. The van der Waals surface area contributed by atoms with Crippen LogP contribution in [-0.4, -0.2) is 62.8 Å². The normalized spacial score (nSPS) is 19.5. The molecule has 0 bridgehead atoms. The number of carbonyl (C=O) groups excluding carboxylic acids is 1. The fourth-order valence-corrected chi connectivity index (χ4v) is 0.618. The first kappa shape index (κ1) is 15.6. The average molecular weight is 370 g/mol. The summed E-state index contributed by atoms with van der Waals surface area (Å²) in [5, 5.41) is 43.5. The summed E-state index contributed by atoms with van der Waals surface area (Å²) in [6.07, 6.45) is -6.84. The third-order valence-electron chi connectivity index (χ3n) is 1.42. The van der Waals surface area contributed by atoms with Crippen LogP contribution in [0.5, 0.6) is 0 Å². The van der Waals surface area contributed by atoms with Gasteiger partial charge in [-0.1, -0.05) is 0 Å². The minimum absolute atomic E-state index is 0. The van der Waals surface area contributed by atoms with E-state index >= 15 is 0 Å². The number of rotatable bonds is 5. The minimum atomic E-state index is -1.79. The predicted molar refractivity (Wildman–Crippen MR) is 37.2 cm³/mol. The van der Waals surface area contributed by atoms with Gasteiger partial charge in [-0.3, -0.25) is 0 Å². The molecule has 0 aliphatic rings. The van der Waals surface area contributed by atoms with Gasteiger partial charge in [-0.05, 0) is 0 Å². The Labute approximate surface area is 87.9 Å². The van der Waals surface area contributed by atoms with Gasteiger partial charge in [0.2, 0.25) is 0 Å². The van der Waals surface area contributed by atoms with Gasteiger partial charge in [0.05, 0.1) is 6.61 Å². The van der Waals surface area contributed by atoms with E-state index < -0.39 is 31.0 Å². The van der Waals surface area contributed by atoms with Crippen LogP contribution in [0.1, 0.15) is 0 Å². The van der Waals surface area contributed by atoms with Gasteiger partial charge in [-0.15, -0.1) is 0 Å². The number of carbonyl (C=O) groups is 1. The van der Waals surface area contributed by atoms with Crippen molar-refractivity contribution < 1.29 is 50.1 Å². The van der Waals surface area contributed by atoms with Crippen LogP contribution in [0.3, 0.4) is 0 Å². The van der Waals surface area contributed by atoms with Crippen LogP contribution in [0, 0.1) is 0 Å². The first-order valence-corrected chi connectivity index (χ1v) is 3.33. The third-order valence-corrected chi connectivity index (χ3v) is 1.42. The zero-order valence-corrected chi connectivity index (χ0v) is 9.13. The summed E-state index contributed by atoms with van der Waals surface area (Å²) in [5.41, 5.74) is 0. The molecule has 0 fully saturated rings. The number of aliphatic hydroxyl groups excluding tert-OH is 5. The number of hydrogen-bond acceptors (Lipinski definition) is 6. The van der Waals surface area contributed by atoms with Crippen molar-refractivity contribution in [1.82, 2.24) is 0 Å². The van der Waals surface area contributed by atoms with E-state index in [0.717, 1.165) is 0 Å². The summed E-state index contributed by atoms with van der Waals surface area (Å²) in [5.74, 6) is 0. The van der Waals surface area contributed by atoms with Crippen LogP contribution >= 0.6 is 0 Å². The van der Waals surface area contributed by atoms with E-state index in [4.69, 9.17) is 25.5 Å². The van der Waals surface area contributed by atoms with Crippen molar-refractivity contribution in [2.45, 2.75) is 24.4 Å². The molecule has 7 heteroatoms. The van der Waals surface area contributed by atoms with Gasteiger partial charge in [0.25, 0.3) is 0 Å². The van der Waals surface area contributed by atoms with Gasteiger partial charge in [-0.2, -0.15) is 0 Å². The van der Waals surface area contributed by atoms with Crippen molar-refractivity contribution in [3.05, 3.63) is 0 Å². The zero-order chi connectivity index (χ0) is 9.72. The Kier molecular flexibility index (Phi) is 8.99. The maximum Gasteiger partial charge on any atom is 0.151 e. The van der Waals surface area contributed by atoms with Crippen LogP contribution in [0.2, 0.25) is 0 Å². The molecular formula is C6H12O6Os. The molecular weight excluding hydrogens is 358 g/mol. The minimum Gasteiger partial charge on any atom is -0.394 e. The molecule has 0 aliphatic carbocycles. The SMILES string of the molecule is O=C[C@H](O)[C@@H](O)[C@H](O)[C@H](O)CO.[Os]. The van der Waals surface area contributed by atoms with E-state index in [1.807, 2.05) is 0 Å². The van der Waals surface area contributed by atoms with E-state index in [1.54, 1.807) is 0 Å². The Morgan fingerprint density at radius 1 is 1.08 bits per heavy atom. The van der Waals surface area contributed by atoms with Gasteiger partial charge >= 0.3 is 0 Å². The second-order valence-corrected chi connectivity index (χ2v) is 2.36. The van der Waals surface area contributed by atoms with Crippen molar-refractivity contribution in [1.29, 1.82) is 0 Å². The fraction of sp³-hybridized carbons (Fsp3) is 0.833. The number of aliphatic hydroxyl groups is 5. The molecule has 80 valence electrons. The molecule has 0 heterocycles. The maximum atomic E-state index is 9.90. The Hall–Kier alpha value is 0.106. The van der Waals surface area contributed by atoms with Crippen LogP contribution in [0.15, 0.2) is 0 Å². The largest absolute Gasteiger partial charge is 0.394 e. The monoisotopic (exact) mass is 372 g/mol. The molecule has 0 aromatic rings. The molecule has 4 atom stereocenters. The molecule has 6 nitrogen and oxygen atoms in total. The summed E-state index contributed by atoms with van der Waals surface area (Å²) in [7, 11) is 0. The van der Waals surface area contributed by atoms with Gasteiger partial charge in [-0.25, -0.2) is 0 Å². The van der Waals surface area contributed by atoms with Crippen molar-refractivity contribution in [2.24, 2.45) is 0 Å². The molecule has 0 amide bonds.